The first-order valence-electron chi connectivity index (χ1n) is 8.26. The fourth-order valence-corrected chi connectivity index (χ4v) is 3.18. The second-order valence-electron chi connectivity index (χ2n) is 6.39. The zero-order valence-corrected chi connectivity index (χ0v) is 15.4. The normalized spacial score (nSPS) is 16.4. The SMILES string of the molecule is COCCC(Cc1cccc(Br)c1)C(=O)NC(CC1CC1)C(=O)O. The number of methoxy groups -OCH3 is 1. The first-order chi connectivity index (χ1) is 11.5. The van der Waals surface area contributed by atoms with Crippen LogP contribution in [0.4, 0.5) is 0 Å². The summed E-state index contributed by atoms with van der Waals surface area (Å²) in [5.74, 6) is -1.03. The highest BCUT2D eigenvalue weighted by Crippen LogP contribution is 2.33. The Kier molecular flexibility index (Phi) is 7.24. The van der Waals surface area contributed by atoms with Crippen LogP contribution in [0.3, 0.4) is 0 Å². The standard InChI is InChI=1S/C18H24BrNO4/c1-24-8-7-14(9-13-3-2-4-15(19)10-13)17(21)20-16(18(22)23)11-12-5-6-12/h2-4,10,12,14,16H,5-9,11H2,1H3,(H,20,21)(H,22,23). The van der Waals surface area contributed by atoms with Crippen LogP contribution in [-0.2, 0) is 20.7 Å². The molecule has 0 heterocycles. The highest BCUT2D eigenvalue weighted by Gasteiger charge is 2.31. The fourth-order valence-electron chi connectivity index (χ4n) is 2.73. The number of hydrogen-bond acceptors (Lipinski definition) is 3. The Morgan fingerprint density at radius 2 is 2.17 bits per heavy atom. The summed E-state index contributed by atoms with van der Waals surface area (Å²) < 4.78 is 6.07. The fraction of sp³-hybridized carbons (Fsp3) is 0.556. The molecule has 1 aromatic carbocycles. The lowest BCUT2D eigenvalue weighted by Crippen LogP contribution is -2.44. The predicted molar refractivity (Wildman–Crippen MR) is 94.7 cm³/mol. The van der Waals surface area contributed by atoms with Crippen molar-refractivity contribution in [1.29, 1.82) is 0 Å². The van der Waals surface area contributed by atoms with Gasteiger partial charge < -0.3 is 15.2 Å². The van der Waals surface area contributed by atoms with Crippen molar-refractivity contribution in [2.75, 3.05) is 13.7 Å². The monoisotopic (exact) mass is 397 g/mol. The molecule has 6 heteroatoms. The summed E-state index contributed by atoms with van der Waals surface area (Å²) in [6.07, 6.45) is 3.76. The number of rotatable bonds is 10. The van der Waals surface area contributed by atoms with E-state index in [1.54, 1.807) is 7.11 Å². The summed E-state index contributed by atoms with van der Waals surface area (Å²) >= 11 is 3.43. The highest BCUT2D eigenvalue weighted by molar-refractivity contribution is 9.10. The minimum absolute atomic E-state index is 0.208. The molecule has 0 aliphatic heterocycles. The van der Waals surface area contributed by atoms with E-state index in [0.717, 1.165) is 22.9 Å². The molecule has 1 aromatic rings. The van der Waals surface area contributed by atoms with Gasteiger partial charge in [0.05, 0.1) is 0 Å². The van der Waals surface area contributed by atoms with Crippen molar-refractivity contribution in [2.45, 2.75) is 38.1 Å². The number of carboxylic acids is 1. The molecule has 2 atom stereocenters. The number of nitrogens with one attached hydrogen (secondary N) is 1. The molecule has 2 N–H and O–H groups in total. The van der Waals surface area contributed by atoms with E-state index in [9.17, 15) is 14.7 Å². The lowest BCUT2D eigenvalue weighted by Gasteiger charge is -2.20. The van der Waals surface area contributed by atoms with Crippen LogP contribution < -0.4 is 5.32 Å². The van der Waals surface area contributed by atoms with E-state index in [0.29, 0.717) is 31.8 Å². The number of ether oxygens (including phenoxy) is 1. The van der Waals surface area contributed by atoms with E-state index >= 15 is 0 Å². The lowest BCUT2D eigenvalue weighted by molar-refractivity contribution is -0.142. The molecular formula is C18H24BrNO4. The Hall–Kier alpha value is -1.40. The number of hydrogen-bond donors (Lipinski definition) is 2. The predicted octanol–water partition coefficient (Wildman–Crippen LogP) is 3.01. The van der Waals surface area contributed by atoms with Gasteiger partial charge in [-0.15, -0.1) is 0 Å². The Bertz CT molecular complexity index is 574. The van der Waals surface area contributed by atoms with Crippen LogP contribution in [0.15, 0.2) is 28.7 Å². The molecule has 2 unspecified atom stereocenters. The zero-order valence-electron chi connectivity index (χ0n) is 13.8. The van der Waals surface area contributed by atoms with Crippen LogP contribution in [0, 0.1) is 11.8 Å². The molecule has 2 rings (SSSR count). The van der Waals surface area contributed by atoms with Crippen molar-refractivity contribution in [3.05, 3.63) is 34.3 Å². The molecule has 0 radical (unpaired) electrons. The lowest BCUT2D eigenvalue weighted by atomic mass is 9.95. The van der Waals surface area contributed by atoms with E-state index in [4.69, 9.17) is 4.74 Å². The summed E-state index contributed by atoms with van der Waals surface area (Å²) in [5, 5.41) is 12.1. The number of aliphatic carboxylic acids is 1. The molecular weight excluding hydrogens is 374 g/mol. The second kappa shape index (κ2) is 9.18. The maximum atomic E-state index is 12.6. The third-order valence-corrected chi connectivity index (χ3v) is 4.79. The van der Waals surface area contributed by atoms with E-state index in [2.05, 4.69) is 21.2 Å². The van der Waals surface area contributed by atoms with Crippen molar-refractivity contribution >= 4 is 27.8 Å². The maximum Gasteiger partial charge on any atom is 0.326 e. The first kappa shape index (κ1) is 18.9. The van der Waals surface area contributed by atoms with Crippen molar-refractivity contribution in [1.82, 2.24) is 5.32 Å². The molecule has 1 saturated carbocycles. The molecule has 0 spiro atoms. The van der Waals surface area contributed by atoms with Gasteiger partial charge >= 0.3 is 5.97 Å². The van der Waals surface area contributed by atoms with Crippen molar-refractivity contribution < 1.29 is 19.4 Å². The van der Waals surface area contributed by atoms with Crippen LogP contribution in [0.2, 0.25) is 0 Å². The first-order valence-corrected chi connectivity index (χ1v) is 9.05. The molecule has 1 amide bonds. The largest absolute Gasteiger partial charge is 0.480 e. The van der Waals surface area contributed by atoms with Gasteiger partial charge in [0.1, 0.15) is 6.04 Å². The molecule has 24 heavy (non-hydrogen) atoms. The average molecular weight is 398 g/mol. The number of carbonyl (C=O) groups is 2. The second-order valence-corrected chi connectivity index (χ2v) is 7.31. The topological polar surface area (TPSA) is 75.6 Å². The third kappa shape index (κ3) is 6.24. The third-order valence-electron chi connectivity index (χ3n) is 4.29. The average Bonchev–Trinajstić information content (AvgIpc) is 3.34. The van der Waals surface area contributed by atoms with Crippen LogP contribution in [0.25, 0.3) is 0 Å². The molecule has 0 aromatic heterocycles. The Labute approximate surface area is 150 Å². The van der Waals surface area contributed by atoms with E-state index in [-0.39, 0.29) is 11.8 Å². The maximum absolute atomic E-state index is 12.6. The molecule has 0 saturated heterocycles. The van der Waals surface area contributed by atoms with Gasteiger partial charge in [-0.3, -0.25) is 4.79 Å². The van der Waals surface area contributed by atoms with Gasteiger partial charge in [0.15, 0.2) is 0 Å². The molecule has 132 valence electrons. The van der Waals surface area contributed by atoms with Gasteiger partial charge in [-0.1, -0.05) is 40.9 Å². The Morgan fingerprint density at radius 1 is 1.42 bits per heavy atom. The zero-order chi connectivity index (χ0) is 17.5. The Balaban J connectivity index is 2.01. The number of halogens is 1. The summed E-state index contributed by atoms with van der Waals surface area (Å²) in [4.78, 5) is 24.0. The molecule has 1 aliphatic rings. The number of benzene rings is 1. The van der Waals surface area contributed by atoms with E-state index < -0.39 is 12.0 Å². The molecule has 0 bridgehead atoms. The van der Waals surface area contributed by atoms with Gasteiger partial charge in [-0.05, 0) is 42.9 Å². The number of amides is 1. The summed E-state index contributed by atoms with van der Waals surface area (Å²) in [5.41, 5.74) is 1.04. The van der Waals surface area contributed by atoms with E-state index in [1.165, 1.54) is 0 Å². The van der Waals surface area contributed by atoms with Crippen molar-refractivity contribution in [3.63, 3.8) is 0 Å². The van der Waals surface area contributed by atoms with Gasteiger partial charge in [0, 0.05) is 24.1 Å². The highest BCUT2D eigenvalue weighted by atomic mass is 79.9. The molecule has 1 aliphatic carbocycles. The molecule has 1 fully saturated rings. The molecule has 5 nitrogen and oxygen atoms in total. The summed E-state index contributed by atoms with van der Waals surface area (Å²) in [7, 11) is 1.60. The Morgan fingerprint density at radius 3 is 2.75 bits per heavy atom. The minimum atomic E-state index is -0.955. The van der Waals surface area contributed by atoms with Crippen LogP contribution >= 0.6 is 15.9 Å². The minimum Gasteiger partial charge on any atom is -0.480 e. The van der Waals surface area contributed by atoms with Crippen LogP contribution in [0.1, 0.15) is 31.2 Å². The summed E-state index contributed by atoms with van der Waals surface area (Å²) in [6, 6.07) is 7.02. The summed E-state index contributed by atoms with van der Waals surface area (Å²) in [6.45, 7) is 0.465. The quantitative estimate of drug-likeness (QED) is 0.636. The van der Waals surface area contributed by atoms with Gasteiger partial charge in [0.2, 0.25) is 5.91 Å². The number of carboxylic acid groups (broad SMARTS) is 1. The van der Waals surface area contributed by atoms with Crippen LogP contribution in [0.5, 0.6) is 0 Å². The number of carbonyl (C=O) groups excluding carboxylic acids is 1. The van der Waals surface area contributed by atoms with Crippen molar-refractivity contribution in [2.24, 2.45) is 11.8 Å². The van der Waals surface area contributed by atoms with Crippen molar-refractivity contribution in [3.8, 4) is 0 Å². The van der Waals surface area contributed by atoms with E-state index in [1.807, 2.05) is 24.3 Å². The van der Waals surface area contributed by atoms with Gasteiger partial charge in [-0.2, -0.15) is 0 Å². The van der Waals surface area contributed by atoms with Crippen LogP contribution in [-0.4, -0.2) is 36.7 Å². The van der Waals surface area contributed by atoms with Gasteiger partial charge in [-0.25, -0.2) is 4.79 Å². The van der Waals surface area contributed by atoms with Gasteiger partial charge in [0.25, 0.3) is 0 Å². The smallest absolute Gasteiger partial charge is 0.326 e.